The first kappa shape index (κ1) is 19.5. The Hall–Kier alpha value is -2.23. The van der Waals surface area contributed by atoms with Crippen molar-refractivity contribution in [1.29, 1.82) is 0 Å². The van der Waals surface area contributed by atoms with Crippen LogP contribution in [0.5, 0.6) is 0 Å². The van der Waals surface area contributed by atoms with Crippen molar-refractivity contribution < 1.29 is 29.3 Å². The molecule has 140 valence electrons. The van der Waals surface area contributed by atoms with Gasteiger partial charge in [-0.2, -0.15) is 0 Å². The third-order valence-electron chi connectivity index (χ3n) is 4.10. The van der Waals surface area contributed by atoms with Crippen LogP contribution in [0, 0.1) is 0 Å². The van der Waals surface area contributed by atoms with Crippen LogP contribution in [0.1, 0.15) is 20.7 Å². The average Bonchev–Trinajstić information content (AvgIpc) is 2.70. The van der Waals surface area contributed by atoms with Gasteiger partial charge < -0.3 is 19.7 Å². The normalized spacial score (nSPS) is 24.6. The van der Waals surface area contributed by atoms with E-state index in [1.165, 1.54) is 6.08 Å². The Morgan fingerprint density at radius 2 is 1.30 bits per heavy atom. The van der Waals surface area contributed by atoms with Crippen molar-refractivity contribution >= 4 is 34.5 Å². The lowest BCUT2D eigenvalue weighted by atomic mass is 9.95. The van der Waals surface area contributed by atoms with Gasteiger partial charge in [0, 0.05) is 3.58 Å². The first-order valence-corrected chi connectivity index (χ1v) is 9.30. The van der Waals surface area contributed by atoms with Gasteiger partial charge >= 0.3 is 11.9 Å². The van der Waals surface area contributed by atoms with E-state index in [2.05, 4.69) is 0 Å². The number of aliphatic hydroxyl groups excluding tert-OH is 2. The second-order valence-electron chi connectivity index (χ2n) is 5.96. The highest BCUT2D eigenvalue weighted by molar-refractivity contribution is 14.1. The summed E-state index contributed by atoms with van der Waals surface area (Å²) in [4.78, 5) is 24.7. The van der Waals surface area contributed by atoms with E-state index in [1.807, 2.05) is 22.6 Å². The fourth-order valence-electron chi connectivity index (χ4n) is 2.66. The van der Waals surface area contributed by atoms with Crippen LogP contribution < -0.4 is 0 Å². The minimum absolute atomic E-state index is 0.288. The van der Waals surface area contributed by atoms with Gasteiger partial charge in [0.2, 0.25) is 0 Å². The van der Waals surface area contributed by atoms with E-state index >= 15 is 0 Å². The number of carbonyl (C=O) groups excluding carboxylic acids is 2. The third kappa shape index (κ3) is 4.55. The third-order valence-corrected chi connectivity index (χ3v) is 5.09. The topological polar surface area (TPSA) is 93.1 Å². The highest BCUT2D eigenvalue weighted by atomic mass is 127. The summed E-state index contributed by atoms with van der Waals surface area (Å²) < 4.78 is 11.2. The van der Waals surface area contributed by atoms with Gasteiger partial charge in [0.15, 0.2) is 12.2 Å². The molecule has 0 unspecified atom stereocenters. The summed E-state index contributed by atoms with van der Waals surface area (Å²) in [6.45, 7) is 0. The van der Waals surface area contributed by atoms with Gasteiger partial charge in [0.05, 0.1) is 11.1 Å². The molecule has 0 amide bonds. The molecule has 0 bridgehead atoms. The Bertz CT molecular complexity index is 836. The summed E-state index contributed by atoms with van der Waals surface area (Å²) in [5.74, 6) is -1.30. The number of rotatable bonds is 4. The minimum Gasteiger partial charge on any atom is -0.452 e. The van der Waals surface area contributed by atoms with Crippen LogP contribution in [0.15, 0.2) is 70.3 Å². The molecule has 0 radical (unpaired) electrons. The largest absolute Gasteiger partial charge is 0.452 e. The molecule has 0 aliphatic heterocycles. The molecule has 0 saturated carbocycles. The summed E-state index contributed by atoms with van der Waals surface area (Å²) in [6.07, 6.45) is -3.45. The van der Waals surface area contributed by atoms with Crippen molar-refractivity contribution in [2.24, 2.45) is 0 Å². The van der Waals surface area contributed by atoms with E-state index in [4.69, 9.17) is 9.47 Å². The van der Waals surface area contributed by atoms with E-state index in [0.29, 0.717) is 9.14 Å². The smallest absolute Gasteiger partial charge is 0.338 e. The van der Waals surface area contributed by atoms with Gasteiger partial charge in [-0.25, -0.2) is 9.59 Å². The summed E-state index contributed by atoms with van der Waals surface area (Å²) in [5.41, 5.74) is 0.617. The van der Waals surface area contributed by atoms with E-state index in [-0.39, 0.29) is 5.56 Å². The number of carbonyl (C=O) groups is 2. The van der Waals surface area contributed by atoms with Crippen molar-refractivity contribution in [3.8, 4) is 0 Å². The maximum absolute atomic E-state index is 12.4. The zero-order valence-corrected chi connectivity index (χ0v) is 16.2. The first-order valence-electron chi connectivity index (χ1n) is 8.23. The van der Waals surface area contributed by atoms with Gasteiger partial charge in [0.1, 0.15) is 12.2 Å². The zero-order valence-electron chi connectivity index (χ0n) is 14.1. The van der Waals surface area contributed by atoms with E-state index in [9.17, 15) is 19.8 Å². The monoisotopic (exact) mass is 480 g/mol. The molecule has 4 atom stereocenters. The Labute approximate surface area is 169 Å². The van der Waals surface area contributed by atoms with E-state index in [1.54, 1.807) is 60.7 Å². The fourth-order valence-corrected chi connectivity index (χ4v) is 3.38. The molecule has 7 heteroatoms. The Morgan fingerprint density at radius 3 is 1.81 bits per heavy atom. The predicted molar refractivity (Wildman–Crippen MR) is 105 cm³/mol. The van der Waals surface area contributed by atoms with Crippen LogP contribution in [-0.4, -0.2) is 46.6 Å². The van der Waals surface area contributed by atoms with Crippen LogP contribution in [0.4, 0.5) is 0 Å². The Balaban J connectivity index is 1.82. The standard InChI is InChI=1S/C20H17IO6/c21-14-11-15(26-19(24)12-7-3-1-4-8-12)18(17(23)16(14)22)27-20(25)13-9-5-2-6-10-13/h1-11,15-18,22-23H/t15-,16+,17+,18+/m0/s1. The number of esters is 2. The molecule has 0 fully saturated rings. The van der Waals surface area contributed by atoms with Crippen molar-refractivity contribution in [3.63, 3.8) is 0 Å². The van der Waals surface area contributed by atoms with Crippen LogP contribution >= 0.6 is 22.6 Å². The summed E-state index contributed by atoms with van der Waals surface area (Å²) in [7, 11) is 0. The molecule has 6 nitrogen and oxygen atoms in total. The van der Waals surface area contributed by atoms with Gasteiger partial charge in [-0.05, 0) is 52.9 Å². The lowest BCUT2D eigenvalue weighted by Crippen LogP contribution is -2.51. The van der Waals surface area contributed by atoms with Gasteiger partial charge in [-0.15, -0.1) is 0 Å². The lowest BCUT2D eigenvalue weighted by Gasteiger charge is -2.35. The van der Waals surface area contributed by atoms with Crippen LogP contribution in [-0.2, 0) is 9.47 Å². The first-order chi connectivity index (χ1) is 13.0. The van der Waals surface area contributed by atoms with Gasteiger partial charge in [0.25, 0.3) is 0 Å². The number of benzene rings is 2. The summed E-state index contributed by atoms with van der Waals surface area (Å²) >= 11 is 1.85. The maximum Gasteiger partial charge on any atom is 0.338 e. The molecule has 2 aromatic carbocycles. The number of halogens is 1. The predicted octanol–water partition coefficient (Wildman–Crippen LogP) is 2.49. The molecule has 2 N–H and O–H groups in total. The molecule has 0 spiro atoms. The lowest BCUT2D eigenvalue weighted by molar-refractivity contribution is -0.102. The molecule has 0 aromatic heterocycles. The van der Waals surface area contributed by atoms with Crippen LogP contribution in [0.25, 0.3) is 0 Å². The number of ether oxygens (including phenoxy) is 2. The minimum atomic E-state index is -1.43. The Kier molecular flexibility index (Phi) is 6.25. The SMILES string of the molecule is O=C(O[C@H]1[C@H](O)[C@H](O)C(I)=C[C@@H]1OC(=O)c1ccccc1)c1ccccc1. The number of aliphatic hydroxyl groups is 2. The second-order valence-corrected chi connectivity index (χ2v) is 7.20. The molecular formula is C20H17IO6. The highest BCUT2D eigenvalue weighted by Gasteiger charge is 2.42. The van der Waals surface area contributed by atoms with Gasteiger partial charge in [-0.1, -0.05) is 36.4 Å². The molecule has 27 heavy (non-hydrogen) atoms. The van der Waals surface area contributed by atoms with E-state index < -0.39 is 36.4 Å². The average molecular weight is 480 g/mol. The fraction of sp³-hybridized carbons (Fsp3) is 0.200. The number of hydrogen-bond acceptors (Lipinski definition) is 6. The molecular weight excluding hydrogens is 463 g/mol. The molecule has 1 aliphatic rings. The maximum atomic E-state index is 12.4. The molecule has 0 saturated heterocycles. The summed E-state index contributed by atoms with van der Waals surface area (Å²) in [6, 6.07) is 16.6. The molecule has 1 aliphatic carbocycles. The second kappa shape index (κ2) is 8.64. The summed E-state index contributed by atoms with van der Waals surface area (Å²) in [5, 5.41) is 20.5. The molecule has 0 heterocycles. The van der Waals surface area contributed by atoms with Crippen molar-refractivity contribution in [2.75, 3.05) is 0 Å². The van der Waals surface area contributed by atoms with Crippen molar-refractivity contribution in [2.45, 2.75) is 24.4 Å². The molecule has 2 aromatic rings. The highest BCUT2D eigenvalue weighted by Crippen LogP contribution is 2.29. The van der Waals surface area contributed by atoms with Crippen LogP contribution in [0.2, 0.25) is 0 Å². The molecule has 3 rings (SSSR count). The number of hydrogen-bond donors (Lipinski definition) is 2. The van der Waals surface area contributed by atoms with Gasteiger partial charge in [-0.3, -0.25) is 0 Å². The zero-order chi connectivity index (χ0) is 19.4. The van der Waals surface area contributed by atoms with E-state index in [0.717, 1.165) is 0 Å². The Morgan fingerprint density at radius 1 is 0.815 bits per heavy atom. The van der Waals surface area contributed by atoms with Crippen molar-refractivity contribution in [1.82, 2.24) is 0 Å². The van der Waals surface area contributed by atoms with Crippen LogP contribution in [0.3, 0.4) is 0 Å². The quantitative estimate of drug-likeness (QED) is 0.516. The van der Waals surface area contributed by atoms with Crippen molar-refractivity contribution in [3.05, 3.63) is 81.4 Å².